The van der Waals surface area contributed by atoms with Crippen LogP contribution in [-0.4, -0.2) is 24.5 Å². The molecule has 1 heterocycles. The van der Waals surface area contributed by atoms with Gasteiger partial charge < -0.3 is 15.0 Å². The molecule has 0 aliphatic rings. The minimum Gasteiger partial charge on any atom is -0.497 e. The molecule has 0 radical (unpaired) electrons. The SMILES string of the molecule is CCN(c1ccc(C(=O)NCc2ccc(OC)cc2)nc1)c1cccc(C)c1. The number of anilines is 2. The van der Waals surface area contributed by atoms with Gasteiger partial charge >= 0.3 is 0 Å². The lowest BCUT2D eigenvalue weighted by Crippen LogP contribution is -2.24. The zero-order valence-corrected chi connectivity index (χ0v) is 16.5. The lowest BCUT2D eigenvalue weighted by molar-refractivity contribution is 0.0946. The van der Waals surface area contributed by atoms with Gasteiger partial charge in [-0.2, -0.15) is 0 Å². The summed E-state index contributed by atoms with van der Waals surface area (Å²) in [5, 5.41) is 2.90. The van der Waals surface area contributed by atoms with E-state index in [1.54, 1.807) is 19.4 Å². The molecule has 1 N–H and O–H groups in total. The normalized spacial score (nSPS) is 10.4. The number of aryl methyl sites for hydroxylation is 1. The Balaban J connectivity index is 1.66. The summed E-state index contributed by atoms with van der Waals surface area (Å²) in [4.78, 5) is 18.9. The molecule has 144 valence electrons. The van der Waals surface area contributed by atoms with E-state index in [-0.39, 0.29) is 5.91 Å². The Kier molecular flexibility index (Phi) is 6.27. The first-order chi connectivity index (χ1) is 13.6. The van der Waals surface area contributed by atoms with Gasteiger partial charge in [0, 0.05) is 18.8 Å². The van der Waals surface area contributed by atoms with Crippen LogP contribution in [0.25, 0.3) is 0 Å². The molecule has 0 aliphatic carbocycles. The van der Waals surface area contributed by atoms with Gasteiger partial charge in [0.25, 0.3) is 5.91 Å². The highest BCUT2D eigenvalue weighted by Crippen LogP contribution is 2.25. The van der Waals surface area contributed by atoms with Gasteiger partial charge in [-0.25, -0.2) is 4.98 Å². The zero-order chi connectivity index (χ0) is 19.9. The van der Waals surface area contributed by atoms with Gasteiger partial charge in [0.2, 0.25) is 0 Å². The number of carbonyl (C=O) groups is 1. The Labute approximate surface area is 166 Å². The maximum absolute atomic E-state index is 12.4. The van der Waals surface area contributed by atoms with Crippen LogP contribution in [0, 0.1) is 6.92 Å². The van der Waals surface area contributed by atoms with E-state index >= 15 is 0 Å². The number of methoxy groups -OCH3 is 1. The largest absolute Gasteiger partial charge is 0.497 e. The fraction of sp³-hybridized carbons (Fsp3) is 0.217. The number of hydrogen-bond acceptors (Lipinski definition) is 4. The van der Waals surface area contributed by atoms with Crippen molar-refractivity contribution in [3.05, 3.63) is 83.7 Å². The smallest absolute Gasteiger partial charge is 0.270 e. The fourth-order valence-electron chi connectivity index (χ4n) is 3.01. The highest BCUT2D eigenvalue weighted by atomic mass is 16.5. The number of ether oxygens (including phenoxy) is 1. The molecule has 3 aromatic rings. The van der Waals surface area contributed by atoms with E-state index in [4.69, 9.17) is 4.74 Å². The number of amides is 1. The Morgan fingerprint density at radius 2 is 1.86 bits per heavy atom. The molecule has 1 aromatic heterocycles. The van der Waals surface area contributed by atoms with Crippen LogP contribution in [0.4, 0.5) is 11.4 Å². The van der Waals surface area contributed by atoms with Gasteiger partial charge in [0.1, 0.15) is 11.4 Å². The summed E-state index contributed by atoms with van der Waals surface area (Å²) >= 11 is 0. The van der Waals surface area contributed by atoms with E-state index < -0.39 is 0 Å². The van der Waals surface area contributed by atoms with Crippen molar-refractivity contribution in [2.75, 3.05) is 18.6 Å². The van der Waals surface area contributed by atoms with Crippen molar-refractivity contribution in [2.24, 2.45) is 0 Å². The van der Waals surface area contributed by atoms with Gasteiger partial charge in [0.15, 0.2) is 0 Å². The van der Waals surface area contributed by atoms with Crippen molar-refractivity contribution in [2.45, 2.75) is 20.4 Å². The Morgan fingerprint density at radius 1 is 1.07 bits per heavy atom. The third-order valence-corrected chi connectivity index (χ3v) is 4.53. The maximum atomic E-state index is 12.4. The molecule has 0 aliphatic heterocycles. The summed E-state index contributed by atoms with van der Waals surface area (Å²) in [6.07, 6.45) is 1.74. The average Bonchev–Trinajstić information content (AvgIpc) is 2.73. The molecule has 0 atom stereocenters. The van der Waals surface area contributed by atoms with Gasteiger partial charge in [-0.3, -0.25) is 4.79 Å². The van der Waals surface area contributed by atoms with Crippen molar-refractivity contribution in [3.63, 3.8) is 0 Å². The predicted molar refractivity (Wildman–Crippen MR) is 112 cm³/mol. The van der Waals surface area contributed by atoms with Crippen molar-refractivity contribution in [3.8, 4) is 5.75 Å². The summed E-state index contributed by atoms with van der Waals surface area (Å²) in [7, 11) is 1.63. The lowest BCUT2D eigenvalue weighted by atomic mass is 10.2. The van der Waals surface area contributed by atoms with Gasteiger partial charge in [-0.1, -0.05) is 24.3 Å². The van der Waals surface area contributed by atoms with Gasteiger partial charge in [-0.05, 0) is 61.4 Å². The Bertz CT molecular complexity index is 921. The second-order valence-corrected chi connectivity index (χ2v) is 6.52. The monoisotopic (exact) mass is 375 g/mol. The molecule has 0 unspecified atom stereocenters. The second-order valence-electron chi connectivity index (χ2n) is 6.52. The van der Waals surface area contributed by atoms with Crippen LogP contribution < -0.4 is 15.0 Å². The van der Waals surface area contributed by atoms with Crippen LogP contribution in [-0.2, 0) is 6.54 Å². The molecule has 0 saturated heterocycles. The molecule has 2 aromatic carbocycles. The molecular formula is C23H25N3O2. The van der Waals surface area contributed by atoms with Crippen LogP contribution in [0.15, 0.2) is 66.9 Å². The molecule has 5 heteroatoms. The third-order valence-electron chi connectivity index (χ3n) is 4.53. The van der Waals surface area contributed by atoms with E-state index in [0.29, 0.717) is 12.2 Å². The van der Waals surface area contributed by atoms with Crippen LogP contribution >= 0.6 is 0 Å². The highest BCUT2D eigenvalue weighted by Gasteiger charge is 2.11. The first kappa shape index (κ1) is 19.4. The molecule has 5 nitrogen and oxygen atoms in total. The number of carbonyl (C=O) groups excluding carboxylic acids is 1. The van der Waals surface area contributed by atoms with E-state index in [1.807, 2.05) is 36.4 Å². The summed E-state index contributed by atoms with van der Waals surface area (Å²) in [5.74, 6) is 0.599. The molecule has 0 bridgehead atoms. The van der Waals surface area contributed by atoms with Crippen molar-refractivity contribution in [1.29, 1.82) is 0 Å². The molecule has 0 spiro atoms. The summed E-state index contributed by atoms with van der Waals surface area (Å²) in [6, 6.07) is 19.6. The first-order valence-corrected chi connectivity index (χ1v) is 9.32. The lowest BCUT2D eigenvalue weighted by Gasteiger charge is -2.23. The number of hydrogen-bond donors (Lipinski definition) is 1. The number of aromatic nitrogens is 1. The minimum absolute atomic E-state index is 0.194. The van der Waals surface area contributed by atoms with E-state index in [9.17, 15) is 4.79 Å². The molecule has 3 rings (SSSR count). The molecular weight excluding hydrogens is 350 g/mol. The topological polar surface area (TPSA) is 54.5 Å². The van der Waals surface area contributed by atoms with Crippen LogP contribution in [0.1, 0.15) is 28.5 Å². The average molecular weight is 375 g/mol. The predicted octanol–water partition coefficient (Wildman–Crippen LogP) is 4.49. The molecule has 1 amide bonds. The summed E-state index contributed by atoms with van der Waals surface area (Å²) < 4.78 is 5.14. The van der Waals surface area contributed by atoms with E-state index in [2.05, 4.69) is 47.2 Å². The number of benzene rings is 2. The second kappa shape index (κ2) is 9.04. The molecule has 0 fully saturated rings. The molecule has 28 heavy (non-hydrogen) atoms. The fourth-order valence-corrected chi connectivity index (χ4v) is 3.01. The van der Waals surface area contributed by atoms with Gasteiger partial charge in [0.05, 0.1) is 19.0 Å². The molecule has 0 saturated carbocycles. The number of rotatable bonds is 7. The quantitative estimate of drug-likeness (QED) is 0.661. The third kappa shape index (κ3) is 4.68. The van der Waals surface area contributed by atoms with Crippen LogP contribution in [0.3, 0.4) is 0 Å². The highest BCUT2D eigenvalue weighted by molar-refractivity contribution is 5.92. The Morgan fingerprint density at radius 3 is 2.46 bits per heavy atom. The number of nitrogens with zero attached hydrogens (tertiary/aromatic N) is 2. The van der Waals surface area contributed by atoms with Crippen LogP contribution in [0.5, 0.6) is 5.75 Å². The van der Waals surface area contributed by atoms with Crippen LogP contribution in [0.2, 0.25) is 0 Å². The minimum atomic E-state index is -0.194. The number of nitrogens with one attached hydrogen (secondary N) is 1. The van der Waals surface area contributed by atoms with Crippen molar-refractivity contribution in [1.82, 2.24) is 10.3 Å². The van der Waals surface area contributed by atoms with Gasteiger partial charge in [-0.15, -0.1) is 0 Å². The first-order valence-electron chi connectivity index (χ1n) is 9.32. The standard InChI is InChI=1S/C23H25N3O2/c1-4-26(19-7-5-6-17(2)14-19)20-10-13-22(24-16-20)23(27)25-15-18-8-11-21(28-3)12-9-18/h5-14,16H,4,15H2,1-3H3,(H,25,27). The summed E-state index contributed by atoms with van der Waals surface area (Å²) in [5.41, 5.74) is 4.68. The zero-order valence-electron chi connectivity index (χ0n) is 16.5. The summed E-state index contributed by atoms with van der Waals surface area (Å²) in [6.45, 7) is 5.43. The van der Waals surface area contributed by atoms with Crippen molar-refractivity contribution < 1.29 is 9.53 Å². The Hall–Kier alpha value is -3.34. The number of pyridine rings is 1. The van der Waals surface area contributed by atoms with E-state index in [0.717, 1.165) is 29.2 Å². The van der Waals surface area contributed by atoms with Crippen molar-refractivity contribution >= 4 is 17.3 Å². The maximum Gasteiger partial charge on any atom is 0.270 e. The van der Waals surface area contributed by atoms with E-state index in [1.165, 1.54) is 5.56 Å².